The number of aryl methyl sites for hydroxylation is 1. The van der Waals surface area contributed by atoms with Crippen molar-refractivity contribution in [3.8, 4) is 16.5 Å². The highest BCUT2D eigenvalue weighted by atomic mass is 32.1. The van der Waals surface area contributed by atoms with E-state index in [0.29, 0.717) is 23.3 Å². The number of carbonyl (C=O) groups excluding carboxylic acids is 1. The largest absolute Gasteiger partial charge is 0.458 e. The number of esters is 1. The van der Waals surface area contributed by atoms with Gasteiger partial charge in [0.15, 0.2) is 0 Å². The van der Waals surface area contributed by atoms with E-state index in [1.54, 1.807) is 27.7 Å². The molecule has 2 aliphatic heterocycles. The van der Waals surface area contributed by atoms with Gasteiger partial charge < -0.3 is 23.4 Å². The molecule has 0 unspecified atom stereocenters. The summed E-state index contributed by atoms with van der Waals surface area (Å²) in [5.41, 5.74) is -2.11. The molecule has 2 saturated heterocycles. The zero-order valence-corrected chi connectivity index (χ0v) is 27.9. The van der Waals surface area contributed by atoms with Crippen LogP contribution >= 0.6 is 11.3 Å². The maximum Gasteiger partial charge on any atom is 0.387 e. The van der Waals surface area contributed by atoms with Crippen LogP contribution in [0.5, 0.6) is 5.75 Å². The SMILES string of the molecule is Cc1c(-c2ncco2)sc2c1c(=O)n([C@@H](C)C(=O)OC(C)(C)C)c(=O)n2C[C@H](OC1C[C@H]2CC[C@H](C1)O2)c1cc(F)ccc1OC(F)F. The van der Waals surface area contributed by atoms with Crippen LogP contribution < -0.4 is 16.0 Å². The van der Waals surface area contributed by atoms with Gasteiger partial charge in [0.25, 0.3) is 5.56 Å². The first-order valence-electron chi connectivity index (χ1n) is 15.7. The summed E-state index contributed by atoms with van der Waals surface area (Å²) < 4.78 is 72.3. The monoisotopic (exact) mass is 691 g/mol. The van der Waals surface area contributed by atoms with Crippen molar-refractivity contribution in [2.45, 2.75) is 110 Å². The van der Waals surface area contributed by atoms with Crippen LogP contribution in [0.15, 0.2) is 44.7 Å². The van der Waals surface area contributed by atoms with Crippen molar-refractivity contribution >= 4 is 27.5 Å². The van der Waals surface area contributed by atoms with Gasteiger partial charge in [-0.25, -0.2) is 23.5 Å². The molecule has 2 bridgehead atoms. The number of nitrogens with zero attached hydrogens (tertiary/aromatic N) is 3. The molecule has 15 heteroatoms. The molecule has 0 spiro atoms. The molecular weight excluding hydrogens is 655 g/mol. The van der Waals surface area contributed by atoms with E-state index < -0.39 is 53.5 Å². The van der Waals surface area contributed by atoms with E-state index in [-0.39, 0.29) is 46.2 Å². The van der Waals surface area contributed by atoms with Crippen LogP contribution in [0.1, 0.15) is 76.7 Å². The van der Waals surface area contributed by atoms with Crippen LogP contribution in [0.25, 0.3) is 21.0 Å². The van der Waals surface area contributed by atoms with Crippen LogP contribution in [-0.2, 0) is 25.5 Å². The lowest BCUT2D eigenvalue weighted by Crippen LogP contribution is -2.45. The second kappa shape index (κ2) is 13.2. The average molecular weight is 692 g/mol. The Morgan fingerprint density at radius 2 is 1.88 bits per heavy atom. The van der Waals surface area contributed by atoms with Gasteiger partial charge in [-0.3, -0.25) is 9.36 Å². The predicted molar refractivity (Wildman–Crippen MR) is 169 cm³/mol. The standard InChI is InChI=1S/C33H36F3N3O8S/c1-16-25-28(40)39(17(2)30(41)47-33(3,4)5)32(42)38(29(25)48-26(16)27-37-10-11-43-27)15-24(45-21-13-19-7-8-20(14-21)44-19)22-12-18(34)6-9-23(22)46-31(35)36/h6,9-12,17,19-21,24,31H,7-8,13-15H2,1-5H3/t17-,19+,20+,24-/m0/s1. The lowest BCUT2D eigenvalue weighted by Gasteiger charge is -2.32. The van der Waals surface area contributed by atoms with Gasteiger partial charge in [0.2, 0.25) is 5.89 Å². The Morgan fingerprint density at radius 1 is 1.17 bits per heavy atom. The molecule has 2 aliphatic rings. The first-order chi connectivity index (χ1) is 22.7. The summed E-state index contributed by atoms with van der Waals surface area (Å²) in [6.45, 7) is 4.48. The molecule has 0 radical (unpaired) electrons. The molecule has 4 atom stereocenters. The highest BCUT2D eigenvalue weighted by Gasteiger charge is 2.38. The van der Waals surface area contributed by atoms with E-state index in [2.05, 4.69) is 4.98 Å². The summed E-state index contributed by atoms with van der Waals surface area (Å²) in [4.78, 5) is 46.6. The predicted octanol–water partition coefficient (Wildman–Crippen LogP) is 6.30. The van der Waals surface area contributed by atoms with E-state index in [4.69, 9.17) is 23.4 Å². The minimum absolute atomic E-state index is 0.0478. The Balaban J connectivity index is 1.54. The number of alkyl halides is 2. The zero-order valence-electron chi connectivity index (χ0n) is 27.0. The lowest BCUT2D eigenvalue weighted by atomic mass is 10.0. The molecule has 0 amide bonds. The quantitative estimate of drug-likeness (QED) is 0.176. The second-order valence-electron chi connectivity index (χ2n) is 13.1. The van der Waals surface area contributed by atoms with Crippen molar-refractivity contribution < 1.29 is 41.3 Å². The summed E-state index contributed by atoms with van der Waals surface area (Å²) in [7, 11) is 0. The van der Waals surface area contributed by atoms with E-state index in [0.717, 1.165) is 46.9 Å². The summed E-state index contributed by atoms with van der Waals surface area (Å²) in [5.74, 6) is -1.65. The van der Waals surface area contributed by atoms with Crippen LogP contribution in [0.3, 0.4) is 0 Å². The number of thiophene rings is 1. The molecule has 2 fully saturated rings. The Kier molecular flexibility index (Phi) is 9.30. The molecule has 0 saturated carbocycles. The Hall–Kier alpha value is -3.95. The fourth-order valence-corrected chi connectivity index (χ4v) is 7.65. The molecule has 11 nitrogen and oxygen atoms in total. The number of benzene rings is 1. The van der Waals surface area contributed by atoms with E-state index >= 15 is 0 Å². The van der Waals surface area contributed by atoms with Crippen molar-refractivity contribution in [1.82, 2.24) is 14.1 Å². The zero-order chi connectivity index (χ0) is 34.5. The van der Waals surface area contributed by atoms with Crippen molar-refractivity contribution in [2.75, 3.05) is 0 Å². The molecule has 4 aromatic rings. The number of ether oxygens (including phenoxy) is 4. The fraction of sp³-hybridized carbons (Fsp3) is 0.515. The Labute approximate surface area is 277 Å². The molecule has 48 heavy (non-hydrogen) atoms. The smallest absolute Gasteiger partial charge is 0.387 e. The molecule has 0 N–H and O–H groups in total. The molecule has 5 heterocycles. The second-order valence-corrected chi connectivity index (χ2v) is 14.1. The van der Waals surface area contributed by atoms with E-state index in [9.17, 15) is 27.6 Å². The molecule has 0 aliphatic carbocycles. The third kappa shape index (κ3) is 6.80. The minimum atomic E-state index is -3.22. The van der Waals surface area contributed by atoms with Gasteiger partial charge in [-0.1, -0.05) is 0 Å². The van der Waals surface area contributed by atoms with Gasteiger partial charge in [0.1, 0.15) is 40.4 Å². The minimum Gasteiger partial charge on any atom is -0.458 e. The number of hydrogen-bond donors (Lipinski definition) is 0. The molecule has 6 rings (SSSR count). The van der Waals surface area contributed by atoms with Gasteiger partial charge in [0, 0.05) is 5.56 Å². The third-order valence-corrected chi connectivity index (χ3v) is 9.79. The third-order valence-electron chi connectivity index (χ3n) is 8.49. The molecular formula is C33H36F3N3O8S. The maximum absolute atomic E-state index is 14.8. The molecule has 3 aromatic heterocycles. The summed E-state index contributed by atoms with van der Waals surface area (Å²) >= 11 is 1.06. The number of fused-ring (bicyclic) bond motifs is 3. The van der Waals surface area contributed by atoms with Gasteiger partial charge in [-0.15, -0.1) is 11.3 Å². The number of aromatic nitrogens is 3. The first-order valence-corrected chi connectivity index (χ1v) is 16.5. The van der Waals surface area contributed by atoms with Crippen LogP contribution in [0, 0.1) is 12.7 Å². The summed E-state index contributed by atoms with van der Waals surface area (Å²) in [5, 5.41) is 0.120. The maximum atomic E-state index is 14.8. The van der Waals surface area contributed by atoms with Crippen molar-refractivity contribution in [3.05, 3.63) is 68.4 Å². The van der Waals surface area contributed by atoms with Gasteiger partial charge in [-0.05, 0) is 84.1 Å². The van der Waals surface area contributed by atoms with Crippen molar-refractivity contribution in [3.63, 3.8) is 0 Å². The van der Waals surface area contributed by atoms with Crippen molar-refractivity contribution in [2.24, 2.45) is 0 Å². The highest BCUT2D eigenvalue weighted by molar-refractivity contribution is 7.22. The van der Waals surface area contributed by atoms with E-state index in [1.807, 2.05) is 0 Å². The average Bonchev–Trinajstić information content (AvgIpc) is 3.73. The first kappa shape index (κ1) is 33.9. The van der Waals surface area contributed by atoms with E-state index in [1.165, 1.54) is 24.0 Å². The topological polar surface area (TPSA) is 124 Å². The summed E-state index contributed by atoms with van der Waals surface area (Å²) in [6.07, 6.45) is 3.83. The molecule has 258 valence electrons. The number of hydrogen-bond acceptors (Lipinski definition) is 10. The Morgan fingerprint density at radius 3 is 2.50 bits per heavy atom. The number of carbonyl (C=O) groups is 1. The lowest BCUT2D eigenvalue weighted by molar-refractivity contribution is -0.158. The van der Waals surface area contributed by atoms with Crippen molar-refractivity contribution in [1.29, 1.82) is 0 Å². The number of oxazole rings is 1. The molecule has 1 aromatic carbocycles. The highest BCUT2D eigenvalue weighted by Crippen LogP contribution is 2.40. The van der Waals surface area contributed by atoms with Gasteiger partial charge >= 0.3 is 18.3 Å². The van der Waals surface area contributed by atoms with Crippen LogP contribution in [0.4, 0.5) is 13.2 Å². The summed E-state index contributed by atoms with van der Waals surface area (Å²) in [6, 6.07) is 1.77. The van der Waals surface area contributed by atoms with Gasteiger partial charge in [-0.2, -0.15) is 8.78 Å². The normalized spacial score (nSPS) is 20.7. The van der Waals surface area contributed by atoms with Crippen LogP contribution in [0.2, 0.25) is 0 Å². The fourth-order valence-electron chi connectivity index (χ4n) is 6.41. The van der Waals surface area contributed by atoms with Gasteiger partial charge in [0.05, 0.1) is 41.3 Å². The number of halogens is 3. The Bertz CT molecular complexity index is 1920. The number of rotatable bonds is 10. The van der Waals surface area contributed by atoms with Crippen LogP contribution in [-0.4, -0.2) is 50.6 Å².